The smallest absolute Gasteiger partial charge is 0.291 e. The van der Waals surface area contributed by atoms with Gasteiger partial charge in [-0.05, 0) is 23.3 Å². The number of H-pyrrole nitrogens is 1. The molecule has 6 aromatic rings. The van der Waals surface area contributed by atoms with Crippen molar-refractivity contribution >= 4 is 55.5 Å². The molecular weight excluding hydrogens is 450 g/mol. The molecular formula is C23H19N9OS. The van der Waals surface area contributed by atoms with E-state index in [0.717, 1.165) is 42.9 Å². The molecule has 0 amide bonds. The minimum atomic E-state index is -0.211. The Bertz CT molecular complexity index is 1790. The number of hydrogen-bond donors (Lipinski definition) is 3. The maximum absolute atomic E-state index is 13.3. The van der Waals surface area contributed by atoms with Crippen LogP contribution in [0.2, 0.25) is 0 Å². The molecule has 10 nitrogen and oxygen atoms in total. The Kier molecular flexibility index (Phi) is 4.52. The number of rotatable bonds is 5. The van der Waals surface area contributed by atoms with Gasteiger partial charge in [-0.25, -0.2) is 9.67 Å². The first-order chi connectivity index (χ1) is 16.5. The van der Waals surface area contributed by atoms with Crippen LogP contribution in [-0.4, -0.2) is 41.0 Å². The SMILES string of the molecule is Cn1c2nc(Cc3cccc4n[nH]nc34)sc2c2cnn(Cc3cccc(N)c3C=N)c(=O)c21. The predicted molar refractivity (Wildman–Crippen MR) is 133 cm³/mol. The molecule has 34 heavy (non-hydrogen) atoms. The topological polar surface area (TPSA) is 144 Å². The number of nitrogens with zero attached hydrogens (tertiary/aromatic N) is 6. The first-order valence-corrected chi connectivity index (χ1v) is 11.4. The van der Waals surface area contributed by atoms with Crippen LogP contribution in [0.5, 0.6) is 0 Å². The summed E-state index contributed by atoms with van der Waals surface area (Å²) in [6.07, 6.45) is 3.55. The van der Waals surface area contributed by atoms with Gasteiger partial charge in [-0.15, -0.1) is 11.3 Å². The van der Waals surface area contributed by atoms with Gasteiger partial charge in [0.25, 0.3) is 5.56 Å². The van der Waals surface area contributed by atoms with Crippen LogP contribution in [0.1, 0.15) is 21.7 Å². The average molecular weight is 470 g/mol. The predicted octanol–water partition coefficient (Wildman–Crippen LogP) is 2.83. The fraction of sp³-hybridized carbons (Fsp3) is 0.130. The number of benzene rings is 2. The quantitative estimate of drug-likeness (QED) is 0.262. The van der Waals surface area contributed by atoms with Crippen LogP contribution < -0.4 is 11.3 Å². The number of para-hydroxylation sites is 1. The summed E-state index contributed by atoms with van der Waals surface area (Å²) in [7, 11) is 1.85. The summed E-state index contributed by atoms with van der Waals surface area (Å²) in [5, 5.41) is 24.9. The van der Waals surface area contributed by atoms with Crippen molar-refractivity contribution in [1.29, 1.82) is 5.41 Å². The van der Waals surface area contributed by atoms with Crippen LogP contribution in [0.4, 0.5) is 5.69 Å². The monoisotopic (exact) mass is 469 g/mol. The van der Waals surface area contributed by atoms with Crippen LogP contribution in [0.3, 0.4) is 0 Å². The minimum Gasteiger partial charge on any atom is -0.398 e. The molecule has 0 aliphatic carbocycles. The molecule has 0 unspecified atom stereocenters. The van der Waals surface area contributed by atoms with Gasteiger partial charge in [0.05, 0.1) is 17.4 Å². The molecule has 2 aromatic carbocycles. The van der Waals surface area contributed by atoms with Crippen molar-refractivity contribution in [2.45, 2.75) is 13.0 Å². The van der Waals surface area contributed by atoms with E-state index in [9.17, 15) is 4.79 Å². The third-order valence-corrected chi connectivity index (χ3v) is 7.11. The lowest BCUT2D eigenvalue weighted by molar-refractivity contribution is 0.644. The lowest BCUT2D eigenvalue weighted by Gasteiger charge is -2.10. The normalized spacial score (nSPS) is 11.7. The van der Waals surface area contributed by atoms with Crippen molar-refractivity contribution in [2.75, 3.05) is 5.73 Å². The standard InChI is InChI=1S/C23H19N9OS/c1-31-20-15(10-26-32(23(20)33)11-13-5-2-6-16(25)14(13)9-24)21-22(31)27-18(34-21)8-12-4-3-7-17-19(12)29-30-28-17/h2-7,9-10,24H,8,11,25H2,1H3,(H,28,29,30). The second kappa shape index (κ2) is 7.59. The largest absolute Gasteiger partial charge is 0.398 e. The van der Waals surface area contributed by atoms with Gasteiger partial charge in [0.15, 0.2) is 5.65 Å². The summed E-state index contributed by atoms with van der Waals surface area (Å²) >= 11 is 1.56. The highest BCUT2D eigenvalue weighted by molar-refractivity contribution is 7.19. The van der Waals surface area contributed by atoms with Gasteiger partial charge in [-0.2, -0.15) is 20.5 Å². The first-order valence-electron chi connectivity index (χ1n) is 10.5. The molecule has 6 rings (SSSR count). The highest BCUT2D eigenvalue weighted by Crippen LogP contribution is 2.32. The van der Waals surface area contributed by atoms with Crippen molar-refractivity contribution in [1.82, 2.24) is 34.7 Å². The zero-order chi connectivity index (χ0) is 23.4. The van der Waals surface area contributed by atoms with E-state index in [0.29, 0.717) is 23.2 Å². The molecule has 4 N–H and O–H groups in total. The second-order valence-electron chi connectivity index (χ2n) is 8.04. The van der Waals surface area contributed by atoms with Crippen molar-refractivity contribution in [3.8, 4) is 0 Å². The summed E-state index contributed by atoms with van der Waals surface area (Å²) < 4.78 is 4.17. The van der Waals surface area contributed by atoms with E-state index >= 15 is 0 Å². The van der Waals surface area contributed by atoms with E-state index in [1.807, 2.05) is 41.9 Å². The van der Waals surface area contributed by atoms with Crippen molar-refractivity contribution < 1.29 is 0 Å². The van der Waals surface area contributed by atoms with Crippen molar-refractivity contribution in [3.63, 3.8) is 0 Å². The van der Waals surface area contributed by atoms with Gasteiger partial charge in [0.1, 0.15) is 21.6 Å². The summed E-state index contributed by atoms with van der Waals surface area (Å²) in [4.78, 5) is 18.2. The third kappa shape index (κ3) is 3.01. The van der Waals surface area contributed by atoms with Crippen LogP contribution in [0.15, 0.2) is 47.4 Å². The van der Waals surface area contributed by atoms with Gasteiger partial charge >= 0.3 is 0 Å². The number of hydrogen-bond acceptors (Lipinski definition) is 8. The molecule has 0 radical (unpaired) electrons. The molecule has 0 fully saturated rings. The van der Waals surface area contributed by atoms with Gasteiger partial charge in [-0.3, -0.25) is 4.79 Å². The molecule has 0 bridgehead atoms. The van der Waals surface area contributed by atoms with E-state index in [1.54, 1.807) is 23.6 Å². The summed E-state index contributed by atoms with van der Waals surface area (Å²) in [6, 6.07) is 11.3. The molecule has 0 atom stereocenters. The molecule has 0 aliphatic rings. The number of aromatic nitrogens is 7. The van der Waals surface area contributed by atoms with Crippen LogP contribution in [-0.2, 0) is 20.0 Å². The van der Waals surface area contributed by atoms with E-state index in [4.69, 9.17) is 16.1 Å². The van der Waals surface area contributed by atoms with Crippen LogP contribution in [0, 0.1) is 5.41 Å². The Morgan fingerprint density at radius 3 is 2.85 bits per heavy atom. The maximum atomic E-state index is 13.3. The van der Waals surface area contributed by atoms with Gasteiger partial charge in [0.2, 0.25) is 0 Å². The Morgan fingerprint density at radius 1 is 1.18 bits per heavy atom. The van der Waals surface area contributed by atoms with Gasteiger partial charge in [0, 0.05) is 36.3 Å². The fourth-order valence-corrected chi connectivity index (χ4v) is 5.49. The highest BCUT2D eigenvalue weighted by atomic mass is 32.1. The molecule has 0 aliphatic heterocycles. The zero-order valence-corrected chi connectivity index (χ0v) is 18.9. The summed E-state index contributed by atoms with van der Waals surface area (Å²) in [5.41, 5.74) is 11.6. The number of fused-ring (bicyclic) bond motifs is 4. The van der Waals surface area contributed by atoms with Gasteiger partial charge in [-0.1, -0.05) is 24.3 Å². The molecule has 4 aromatic heterocycles. The maximum Gasteiger partial charge on any atom is 0.291 e. The number of aryl methyl sites for hydroxylation is 1. The molecule has 0 saturated carbocycles. The van der Waals surface area contributed by atoms with Crippen LogP contribution >= 0.6 is 11.3 Å². The molecule has 168 valence electrons. The Balaban J connectivity index is 1.42. The number of thiazole rings is 1. The van der Waals surface area contributed by atoms with Crippen molar-refractivity contribution in [2.24, 2.45) is 7.05 Å². The lowest BCUT2D eigenvalue weighted by atomic mass is 10.1. The fourth-order valence-electron chi connectivity index (χ4n) is 4.36. The first kappa shape index (κ1) is 20.2. The van der Waals surface area contributed by atoms with E-state index < -0.39 is 0 Å². The second-order valence-corrected chi connectivity index (χ2v) is 9.12. The number of nitrogens with one attached hydrogen (secondary N) is 2. The van der Waals surface area contributed by atoms with Gasteiger partial charge < -0.3 is 15.7 Å². The van der Waals surface area contributed by atoms with Crippen LogP contribution in [0.25, 0.3) is 32.3 Å². The van der Waals surface area contributed by atoms with E-state index in [1.165, 1.54) is 10.9 Å². The van der Waals surface area contributed by atoms with E-state index in [2.05, 4.69) is 20.5 Å². The number of anilines is 1. The molecule has 4 heterocycles. The molecule has 0 saturated heterocycles. The summed E-state index contributed by atoms with van der Waals surface area (Å²) in [6.45, 7) is 0.226. The zero-order valence-electron chi connectivity index (χ0n) is 18.1. The average Bonchev–Trinajstić information content (AvgIpc) is 3.53. The number of nitrogen functional groups attached to an aromatic ring is 1. The third-order valence-electron chi connectivity index (χ3n) is 6.04. The molecule has 0 spiro atoms. The lowest BCUT2D eigenvalue weighted by Crippen LogP contribution is -2.25. The Hall–Kier alpha value is -4.38. The Morgan fingerprint density at radius 2 is 2.00 bits per heavy atom. The van der Waals surface area contributed by atoms with E-state index in [-0.39, 0.29) is 12.1 Å². The highest BCUT2D eigenvalue weighted by Gasteiger charge is 2.19. The summed E-state index contributed by atoms with van der Waals surface area (Å²) in [5.74, 6) is 0. The minimum absolute atomic E-state index is 0.211. The molecule has 11 heteroatoms. The number of nitrogens with two attached hydrogens (primary N) is 1. The number of aromatic amines is 1. The van der Waals surface area contributed by atoms with Crippen molar-refractivity contribution in [3.05, 3.63) is 74.6 Å². The Labute approximate surface area is 196 Å².